The van der Waals surface area contributed by atoms with E-state index < -0.39 is 23.6 Å². The van der Waals surface area contributed by atoms with E-state index in [1.165, 1.54) is 50.5 Å². The van der Waals surface area contributed by atoms with Crippen molar-refractivity contribution in [2.75, 3.05) is 30.6 Å². The fourth-order valence-corrected chi connectivity index (χ4v) is 4.09. The number of hydrogen-bond acceptors (Lipinski definition) is 12. The summed E-state index contributed by atoms with van der Waals surface area (Å²) in [6, 6.07) is 7.60. The summed E-state index contributed by atoms with van der Waals surface area (Å²) in [5, 5.41) is 34.2. The number of carbonyl (C=O) groups excluding carboxylic acids is 2. The van der Waals surface area contributed by atoms with Crippen LogP contribution in [0.5, 0.6) is 0 Å². The third-order valence-electron chi connectivity index (χ3n) is 6.65. The average Bonchev–Trinajstić information content (AvgIpc) is 3.65. The number of allylic oxidation sites excluding steroid dienone is 3. The van der Waals surface area contributed by atoms with Gasteiger partial charge in [-0.2, -0.15) is 4.79 Å². The van der Waals surface area contributed by atoms with E-state index in [2.05, 4.69) is 20.7 Å². The Bertz CT molecular complexity index is 1940. The predicted octanol–water partition coefficient (Wildman–Crippen LogP) is 2.19. The monoisotopic (exact) mass is 694 g/mol. The number of rotatable bonds is 12. The largest absolute Gasteiger partial charge is 0.478 e. The van der Waals surface area contributed by atoms with Crippen LogP contribution in [0.1, 0.15) is 48.8 Å². The molecule has 0 atom stereocenters. The summed E-state index contributed by atoms with van der Waals surface area (Å²) in [5.74, 6) is 2.00. The van der Waals surface area contributed by atoms with Gasteiger partial charge in [0.25, 0.3) is 0 Å². The maximum atomic E-state index is 14.2. The smallest absolute Gasteiger partial charge is 0.337 e. The normalized spacial score (nSPS) is 10.9. The lowest BCUT2D eigenvalue weighted by atomic mass is 9.99. The summed E-state index contributed by atoms with van der Waals surface area (Å²) < 4.78 is 29.9. The third-order valence-corrected chi connectivity index (χ3v) is 6.65. The zero-order valence-corrected chi connectivity index (χ0v) is 26.9. The molecule has 0 aliphatic heterocycles. The molecule has 0 amide bonds. The molecule has 0 saturated heterocycles. The number of nitrogens with zero attached hydrogens (tertiary/aromatic N) is 4. The summed E-state index contributed by atoms with van der Waals surface area (Å²) in [4.78, 5) is 47.2. The van der Waals surface area contributed by atoms with Crippen molar-refractivity contribution in [3.63, 3.8) is 0 Å². The highest BCUT2D eigenvalue weighted by atomic mass is 19.1. The molecule has 4 aromatic rings. The molecule has 2 aromatic carbocycles. The number of carbonyl (C=O) groups is 4. The first-order valence-electron chi connectivity index (χ1n) is 14.4. The SMILES string of the molecule is CNc1cc(CCCc2cc(C(=O)O)c(NC)cc2F)c(F)cc1C(=O)O.N/C(C=O)=C\C=C(/N)n1ccnc1.N=c1ccc(C=O)nn1N. The Hall–Kier alpha value is -6.85. The van der Waals surface area contributed by atoms with E-state index in [4.69, 9.17) is 27.8 Å². The van der Waals surface area contributed by atoms with Crippen LogP contribution in [0.4, 0.5) is 20.2 Å². The molecule has 0 fully saturated rings. The lowest BCUT2D eigenvalue weighted by Gasteiger charge is -2.12. The van der Waals surface area contributed by atoms with Gasteiger partial charge in [0, 0.05) is 32.2 Å². The van der Waals surface area contributed by atoms with Crippen LogP contribution in [0.2, 0.25) is 0 Å². The summed E-state index contributed by atoms with van der Waals surface area (Å²) in [7, 11) is 3.04. The number of aryl methyl sites for hydroxylation is 2. The lowest BCUT2D eigenvalue weighted by molar-refractivity contribution is -0.105. The Balaban J connectivity index is 0.000000309. The molecule has 0 bridgehead atoms. The van der Waals surface area contributed by atoms with Crippen molar-refractivity contribution in [3.05, 3.63) is 118 Å². The minimum Gasteiger partial charge on any atom is -0.478 e. The van der Waals surface area contributed by atoms with Crippen molar-refractivity contribution in [1.29, 1.82) is 5.41 Å². The summed E-state index contributed by atoms with van der Waals surface area (Å²) in [6.45, 7) is 0. The number of aromatic carboxylic acids is 2. The van der Waals surface area contributed by atoms with Gasteiger partial charge in [-0.05, 0) is 78.9 Å². The average molecular weight is 695 g/mol. The second-order valence-corrected chi connectivity index (χ2v) is 9.99. The van der Waals surface area contributed by atoms with E-state index in [0.717, 1.165) is 16.9 Å². The first kappa shape index (κ1) is 39.3. The molecule has 0 unspecified atom stereocenters. The van der Waals surface area contributed by atoms with E-state index in [1.54, 1.807) is 23.3 Å². The number of carboxylic acid groups (broad SMARTS) is 2. The Labute approximate surface area is 284 Å². The van der Waals surface area contributed by atoms with Crippen LogP contribution in [0, 0.1) is 17.0 Å². The van der Waals surface area contributed by atoms with E-state index in [-0.39, 0.29) is 57.8 Å². The summed E-state index contributed by atoms with van der Waals surface area (Å²) in [5.41, 5.74) is 12.0. The number of hydrogen-bond donors (Lipinski definition) is 8. The zero-order valence-electron chi connectivity index (χ0n) is 26.9. The highest BCUT2D eigenvalue weighted by Gasteiger charge is 2.16. The molecule has 0 aliphatic rings. The van der Waals surface area contributed by atoms with Gasteiger partial charge in [0.1, 0.15) is 29.5 Å². The fraction of sp³-hybridized carbons (Fsp3) is 0.156. The van der Waals surface area contributed by atoms with E-state index in [9.17, 15) is 33.1 Å². The maximum Gasteiger partial charge on any atom is 0.337 e. The Morgan fingerprint density at radius 1 is 0.920 bits per heavy atom. The highest BCUT2D eigenvalue weighted by molar-refractivity contribution is 5.95. The van der Waals surface area contributed by atoms with Crippen LogP contribution in [0.15, 0.2) is 73.0 Å². The molecular weight excluding hydrogens is 658 g/mol. The number of benzene rings is 2. The summed E-state index contributed by atoms with van der Waals surface area (Å²) in [6.07, 6.45) is 9.76. The number of aromatic nitrogens is 4. The Kier molecular flexibility index (Phi) is 15.0. The molecule has 0 aliphatic carbocycles. The number of nitrogens with two attached hydrogens (primary N) is 3. The van der Waals surface area contributed by atoms with Crippen LogP contribution < -0.4 is 33.4 Å². The Morgan fingerprint density at radius 3 is 2.02 bits per heavy atom. The number of halogens is 2. The number of carboxylic acids is 2. The third kappa shape index (κ3) is 11.4. The molecule has 4 rings (SSSR count). The molecule has 50 heavy (non-hydrogen) atoms. The highest BCUT2D eigenvalue weighted by Crippen LogP contribution is 2.25. The molecule has 2 aromatic heterocycles. The molecule has 18 heteroatoms. The van der Waals surface area contributed by atoms with Gasteiger partial charge in [0.05, 0.1) is 22.5 Å². The van der Waals surface area contributed by atoms with Crippen LogP contribution in [0.25, 0.3) is 5.82 Å². The van der Waals surface area contributed by atoms with Crippen LogP contribution in [-0.2, 0) is 17.6 Å². The maximum absolute atomic E-state index is 14.2. The van der Waals surface area contributed by atoms with Crippen molar-refractivity contribution in [1.82, 2.24) is 19.4 Å². The topological polar surface area (TPSA) is 270 Å². The lowest BCUT2D eigenvalue weighted by Crippen LogP contribution is -2.29. The quantitative estimate of drug-likeness (QED) is 0.0458. The molecule has 0 spiro atoms. The second-order valence-electron chi connectivity index (χ2n) is 9.99. The van der Waals surface area contributed by atoms with E-state index in [0.29, 0.717) is 30.4 Å². The number of nitrogen functional groups attached to an aromatic ring is 1. The first-order chi connectivity index (χ1) is 23.8. The molecular formula is C32H36F2N10O6. The van der Waals surface area contributed by atoms with Gasteiger partial charge in [0.15, 0.2) is 18.1 Å². The van der Waals surface area contributed by atoms with Crippen LogP contribution in [-0.4, -0.2) is 68.3 Å². The Morgan fingerprint density at radius 2 is 1.50 bits per heavy atom. The van der Waals surface area contributed by atoms with Gasteiger partial charge in [-0.1, -0.05) is 0 Å². The van der Waals surface area contributed by atoms with E-state index >= 15 is 0 Å². The van der Waals surface area contributed by atoms with Crippen molar-refractivity contribution in [3.8, 4) is 0 Å². The zero-order chi connectivity index (χ0) is 37.4. The van der Waals surface area contributed by atoms with Gasteiger partial charge in [0.2, 0.25) is 0 Å². The van der Waals surface area contributed by atoms with Gasteiger partial charge in [-0.15, -0.1) is 5.10 Å². The second kappa shape index (κ2) is 19.1. The molecule has 16 nitrogen and oxygen atoms in total. The predicted molar refractivity (Wildman–Crippen MR) is 180 cm³/mol. The van der Waals surface area contributed by atoms with Gasteiger partial charge in [-0.3, -0.25) is 19.6 Å². The standard InChI is InChI=1S/C19H20F2N2O4.C8H10N4O.C5H6N4O/c1-22-16-7-11(14(20)8-13(16)19(26)27)5-3-4-10-6-12(18(24)25)17(23-2)9-15(10)21;9-7(5-13)1-2-8(10)12-4-3-11-6-12;6-5-2-1-4(3-10)8-9(5)7/h6-9,22-23H,3-5H2,1-2H3,(H,24,25)(H,26,27);1-6H,9-10H2;1-3,6H,7H2/b;7-1-,8-2+;. The number of nitrogens with one attached hydrogen (secondary N) is 3. The molecule has 11 N–H and O–H groups in total. The van der Waals surface area contributed by atoms with Crippen molar-refractivity contribution >= 4 is 41.7 Å². The van der Waals surface area contributed by atoms with Crippen LogP contribution in [0.3, 0.4) is 0 Å². The fourth-order valence-electron chi connectivity index (χ4n) is 4.09. The minimum atomic E-state index is -1.24. The van der Waals surface area contributed by atoms with Crippen molar-refractivity contribution in [2.24, 2.45) is 11.5 Å². The van der Waals surface area contributed by atoms with Gasteiger partial charge in [-0.25, -0.2) is 23.4 Å². The van der Waals surface area contributed by atoms with Crippen LogP contribution >= 0.6 is 0 Å². The van der Waals surface area contributed by atoms with Crippen molar-refractivity contribution < 1.29 is 38.2 Å². The van der Waals surface area contributed by atoms with Gasteiger partial charge < -0.3 is 38.2 Å². The van der Waals surface area contributed by atoms with Crippen molar-refractivity contribution in [2.45, 2.75) is 19.3 Å². The molecule has 0 radical (unpaired) electrons. The van der Waals surface area contributed by atoms with E-state index in [1.807, 2.05) is 0 Å². The molecule has 0 saturated carbocycles. The first-order valence-corrected chi connectivity index (χ1v) is 14.4. The minimum absolute atomic E-state index is 0.0386. The molecule has 2 heterocycles. The van der Waals surface area contributed by atoms with Gasteiger partial charge >= 0.3 is 11.9 Å². The number of aldehydes is 2. The number of imidazole rings is 1. The molecule has 264 valence electrons. The summed E-state index contributed by atoms with van der Waals surface area (Å²) >= 11 is 0. The number of anilines is 2.